The Kier molecular flexibility index (Phi) is 4.22. The molecule has 1 N–H and O–H groups in total. The van der Waals surface area contributed by atoms with Gasteiger partial charge >= 0.3 is 5.97 Å². The molecule has 0 bridgehead atoms. The van der Waals surface area contributed by atoms with Crippen molar-refractivity contribution < 1.29 is 19.4 Å². The van der Waals surface area contributed by atoms with Crippen molar-refractivity contribution in [2.75, 3.05) is 7.11 Å². The van der Waals surface area contributed by atoms with E-state index in [-0.39, 0.29) is 5.41 Å². The first-order chi connectivity index (χ1) is 8.25. The highest BCUT2D eigenvalue weighted by Crippen LogP contribution is 2.34. The Morgan fingerprint density at radius 2 is 1.94 bits per heavy atom. The molecular weight excluding hydrogens is 232 g/mol. The normalized spacial score (nSPS) is 12.9. The van der Waals surface area contributed by atoms with Crippen LogP contribution in [0.2, 0.25) is 0 Å². The lowest BCUT2D eigenvalue weighted by molar-refractivity contribution is -0.144. The van der Waals surface area contributed by atoms with E-state index >= 15 is 0 Å². The Balaban J connectivity index is 3.14. The Hall–Kier alpha value is -1.71. The topological polar surface area (TPSA) is 55.8 Å². The van der Waals surface area contributed by atoms with Gasteiger partial charge in [-0.3, -0.25) is 0 Å². The summed E-state index contributed by atoms with van der Waals surface area (Å²) in [6.07, 6.45) is -0.875. The van der Waals surface area contributed by atoms with Crippen molar-refractivity contribution in [2.24, 2.45) is 0 Å². The standard InChI is InChI=1S/C14H20O4/c1-9(13(15)16)18-12-7-6-10(17-5)8-11(12)14(2,3)4/h6-9H,1-5H3,(H,15,16)/t9-/m1/s1. The molecule has 0 aliphatic carbocycles. The number of rotatable bonds is 4. The number of ether oxygens (including phenoxy) is 2. The molecule has 0 aliphatic heterocycles. The lowest BCUT2D eigenvalue weighted by Gasteiger charge is -2.24. The van der Waals surface area contributed by atoms with E-state index in [1.807, 2.05) is 26.8 Å². The van der Waals surface area contributed by atoms with Gasteiger partial charge in [-0.2, -0.15) is 0 Å². The Bertz CT molecular complexity index is 432. The van der Waals surface area contributed by atoms with Crippen LogP contribution in [0.1, 0.15) is 33.3 Å². The van der Waals surface area contributed by atoms with Gasteiger partial charge in [0.25, 0.3) is 0 Å². The molecule has 1 atom stereocenters. The first-order valence-electron chi connectivity index (χ1n) is 5.83. The number of benzene rings is 1. The van der Waals surface area contributed by atoms with Crippen molar-refractivity contribution in [1.82, 2.24) is 0 Å². The first-order valence-corrected chi connectivity index (χ1v) is 5.83. The molecule has 0 saturated heterocycles. The first kappa shape index (κ1) is 14.4. The lowest BCUT2D eigenvalue weighted by atomic mass is 9.86. The molecule has 4 heteroatoms. The second-order valence-electron chi connectivity index (χ2n) is 5.21. The van der Waals surface area contributed by atoms with Gasteiger partial charge in [0.05, 0.1) is 7.11 Å². The van der Waals surface area contributed by atoms with E-state index < -0.39 is 12.1 Å². The van der Waals surface area contributed by atoms with Crippen molar-refractivity contribution in [3.8, 4) is 11.5 Å². The molecule has 4 nitrogen and oxygen atoms in total. The fourth-order valence-corrected chi connectivity index (χ4v) is 1.57. The van der Waals surface area contributed by atoms with Crippen LogP contribution >= 0.6 is 0 Å². The second kappa shape index (κ2) is 5.29. The molecular formula is C14H20O4. The number of hydrogen-bond donors (Lipinski definition) is 1. The van der Waals surface area contributed by atoms with E-state index in [2.05, 4.69) is 0 Å². The minimum absolute atomic E-state index is 0.151. The van der Waals surface area contributed by atoms with Crippen molar-refractivity contribution in [3.05, 3.63) is 23.8 Å². The predicted octanol–water partition coefficient (Wildman–Crippen LogP) is 2.84. The lowest BCUT2D eigenvalue weighted by Crippen LogP contribution is -2.25. The van der Waals surface area contributed by atoms with Crippen LogP contribution in [0.5, 0.6) is 11.5 Å². The molecule has 100 valence electrons. The third kappa shape index (κ3) is 3.39. The van der Waals surface area contributed by atoms with Crippen LogP contribution in [0.15, 0.2) is 18.2 Å². The van der Waals surface area contributed by atoms with Crippen LogP contribution < -0.4 is 9.47 Å². The number of methoxy groups -OCH3 is 1. The monoisotopic (exact) mass is 252 g/mol. The molecule has 0 aliphatic rings. The number of carbonyl (C=O) groups is 1. The number of hydrogen-bond acceptors (Lipinski definition) is 3. The molecule has 0 unspecified atom stereocenters. The molecule has 1 aromatic carbocycles. The third-order valence-electron chi connectivity index (χ3n) is 2.65. The highest BCUT2D eigenvalue weighted by atomic mass is 16.5. The second-order valence-corrected chi connectivity index (χ2v) is 5.21. The summed E-state index contributed by atoms with van der Waals surface area (Å²) in [4.78, 5) is 10.8. The molecule has 0 radical (unpaired) electrons. The van der Waals surface area contributed by atoms with Crippen LogP contribution in [-0.2, 0) is 10.2 Å². The van der Waals surface area contributed by atoms with E-state index in [4.69, 9.17) is 14.6 Å². The molecule has 18 heavy (non-hydrogen) atoms. The van der Waals surface area contributed by atoms with Gasteiger partial charge in [-0.1, -0.05) is 20.8 Å². The van der Waals surface area contributed by atoms with Gasteiger partial charge in [-0.15, -0.1) is 0 Å². The molecule has 1 rings (SSSR count). The molecule has 1 aromatic rings. The third-order valence-corrected chi connectivity index (χ3v) is 2.65. The minimum Gasteiger partial charge on any atom is -0.497 e. The summed E-state index contributed by atoms with van der Waals surface area (Å²) in [6.45, 7) is 7.64. The maximum Gasteiger partial charge on any atom is 0.344 e. The van der Waals surface area contributed by atoms with Crippen molar-refractivity contribution in [1.29, 1.82) is 0 Å². The van der Waals surface area contributed by atoms with Gasteiger partial charge in [0.15, 0.2) is 6.10 Å². The smallest absolute Gasteiger partial charge is 0.344 e. The van der Waals surface area contributed by atoms with Crippen LogP contribution in [0.4, 0.5) is 0 Å². The zero-order chi connectivity index (χ0) is 13.9. The SMILES string of the molecule is COc1ccc(O[C@H](C)C(=O)O)c(C(C)(C)C)c1. The van der Waals surface area contributed by atoms with Crippen molar-refractivity contribution >= 4 is 5.97 Å². The zero-order valence-electron chi connectivity index (χ0n) is 11.5. The highest BCUT2D eigenvalue weighted by molar-refractivity contribution is 5.72. The van der Waals surface area contributed by atoms with Crippen molar-refractivity contribution in [3.63, 3.8) is 0 Å². The Labute approximate surface area is 108 Å². The summed E-state index contributed by atoms with van der Waals surface area (Å²) in [6, 6.07) is 5.39. The summed E-state index contributed by atoms with van der Waals surface area (Å²) < 4.78 is 10.7. The largest absolute Gasteiger partial charge is 0.497 e. The number of aliphatic carboxylic acids is 1. The quantitative estimate of drug-likeness (QED) is 0.895. The number of carboxylic acids is 1. The van der Waals surface area contributed by atoms with Crippen LogP contribution in [-0.4, -0.2) is 24.3 Å². The van der Waals surface area contributed by atoms with Gasteiger partial charge < -0.3 is 14.6 Å². The summed E-state index contributed by atoms with van der Waals surface area (Å²) >= 11 is 0. The average Bonchev–Trinajstić information content (AvgIpc) is 2.27. The Morgan fingerprint density at radius 3 is 2.39 bits per heavy atom. The van der Waals surface area contributed by atoms with Crippen LogP contribution in [0.3, 0.4) is 0 Å². The van der Waals surface area contributed by atoms with E-state index in [0.29, 0.717) is 5.75 Å². The molecule has 0 spiro atoms. The molecule has 0 saturated carbocycles. The summed E-state index contributed by atoms with van der Waals surface area (Å²) in [7, 11) is 1.60. The zero-order valence-corrected chi connectivity index (χ0v) is 11.5. The van der Waals surface area contributed by atoms with E-state index in [1.54, 1.807) is 19.2 Å². The van der Waals surface area contributed by atoms with Gasteiger partial charge in [-0.05, 0) is 30.5 Å². The van der Waals surface area contributed by atoms with Gasteiger partial charge in [0.1, 0.15) is 11.5 Å². The fourth-order valence-electron chi connectivity index (χ4n) is 1.57. The van der Waals surface area contributed by atoms with Crippen LogP contribution in [0, 0.1) is 0 Å². The number of carboxylic acid groups (broad SMARTS) is 1. The maximum absolute atomic E-state index is 10.8. The summed E-state index contributed by atoms with van der Waals surface area (Å²) in [5.41, 5.74) is 0.775. The average molecular weight is 252 g/mol. The minimum atomic E-state index is -0.981. The highest BCUT2D eigenvalue weighted by Gasteiger charge is 2.22. The maximum atomic E-state index is 10.8. The molecule has 0 aromatic heterocycles. The van der Waals surface area contributed by atoms with E-state index in [0.717, 1.165) is 11.3 Å². The van der Waals surface area contributed by atoms with Gasteiger partial charge in [-0.25, -0.2) is 4.79 Å². The van der Waals surface area contributed by atoms with Crippen molar-refractivity contribution in [2.45, 2.75) is 39.2 Å². The molecule has 0 fully saturated rings. The van der Waals surface area contributed by atoms with E-state index in [1.165, 1.54) is 6.92 Å². The van der Waals surface area contributed by atoms with Gasteiger partial charge in [0.2, 0.25) is 0 Å². The fraction of sp³-hybridized carbons (Fsp3) is 0.500. The summed E-state index contributed by atoms with van der Waals surface area (Å²) in [5.74, 6) is 0.333. The van der Waals surface area contributed by atoms with E-state index in [9.17, 15) is 4.79 Å². The van der Waals surface area contributed by atoms with Gasteiger partial charge in [0, 0.05) is 5.56 Å². The Morgan fingerprint density at radius 1 is 1.33 bits per heavy atom. The summed E-state index contributed by atoms with van der Waals surface area (Å²) in [5, 5.41) is 8.89. The molecule has 0 heterocycles. The molecule has 0 amide bonds. The van der Waals surface area contributed by atoms with Crippen LogP contribution in [0.25, 0.3) is 0 Å². The predicted molar refractivity (Wildman–Crippen MR) is 69.4 cm³/mol.